The third-order valence-electron chi connectivity index (χ3n) is 0.996. The van der Waals surface area contributed by atoms with E-state index in [1.165, 1.54) is 4.48 Å². The Bertz CT molecular complexity index is 102. The number of rotatable bonds is 1. The third-order valence-corrected chi connectivity index (χ3v) is 1.32. The van der Waals surface area contributed by atoms with Crippen molar-refractivity contribution in [2.24, 2.45) is 5.41 Å². The van der Waals surface area contributed by atoms with Gasteiger partial charge in [-0.1, -0.05) is 42.8 Å². The van der Waals surface area contributed by atoms with Crippen LogP contribution >= 0.6 is 15.9 Å². The predicted octanol–water partition coefficient (Wildman–Crippen LogP) is 3.72. The highest BCUT2D eigenvalue weighted by molar-refractivity contribution is 9.11. The van der Waals surface area contributed by atoms with E-state index in [-0.39, 0.29) is 0 Å². The van der Waals surface area contributed by atoms with Crippen molar-refractivity contribution in [3.63, 3.8) is 0 Å². The van der Waals surface area contributed by atoms with Crippen molar-refractivity contribution in [2.75, 3.05) is 0 Å². The lowest BCUT2D eigenvalue weighted by Gasteiger charge is -2.14. The Kier molecular flexibility index (Phi) is 3.49. The maximum Gasteiger partial charge on any atom is -0.0120 e. The second-order valence-corrected chi connectivity index (χ2v) is 4.81. The molecule has 0 saturated carbocycles. The highest BCUT2D eigenvalue weighted by Crippen LogP contribution is 2.20. The Hall–Kier alpha value is 0.220. The van der Waals surface area contributed by atoms with E-state index in [4.69, 9.17) is 0 Å². The van der Waals surface area contributed by atoms with Crippen LogP contribution in [0.3, 0.4) is 0 Å². The van der Waals surface area contributed by atoms with Crippen molar-refractivity contribution in [1.29, 1.82) is 0 Å². The molecule has 0 atom stereocenters. The predicted molar refractivity (Wildman–Crippen MR) is 46.8 cm³/mol. The van der Waals surface area contributed by atoms with Gasteiger partial charge in [-0.25, -0.2) is 0 Å². The van der Waals surface area contributed by atoms with Gasteiger partial charge < -0.3 is 0 Å². The van der Waals surface area contributed by atoms with Gasteiger partial charge in [-0.15, -0.1) is 0 Å². The van der Waals surface area contributed by atoms with Crippen molar-refractivity contribution >= 4 is 15.9 Å². The molecule has 0 aliphatic rings. The van der Waals surface area contributed by atoms with Crippen LogP contribution in [-0.4, -0.2) is 0 Å². The number of hydrogen-bond donors (Lipinski definition) is 0. The Morgan fingerprint density at radius 2 is 1.89 bits per heavy atom. The van der Waals surface area contributed by atoms with E-state index in [2.05, 4.69) is 49.7 Å². The first-order valence-electron chi connectivity index (χ1n) is 3.24. The average molecular weight is 191 g/mol. The fraction of sp³-hybridized carbons (Fsp3) is 0.750. The molecule has 0 amide bonds. The molecule has 0 N–H and O–H groups in total. The van der Waals surface area contributed by atoms with Crippen LogP contribution in [0.25, 0.3) is 0 Å². The molecule has 0 aromatic rings. The zero-order valence-corrected chi connectivity index (χ0v) is 8.25. The number of allylic oxidation sites excluding steroid dienone is 2. The van der Waals surface area contributed by atoms with Crippen LogP contribution < -0.4 is 0 Å². The largest absolute Gasteiger partial charge is 0.0741 e. The van der Waals surface area contributed by atoms with Gasteiger partial charge in [0.05, 0.1) is 0 Å². The third kappa shape index (κ3) is 8.22. The van der Waals surface area contributed by atoms with Crippen LogP contribution in [0.4, 0.5) is 0 Å². The zero-order valence-electron chi connectivity index (χ0n) is 6.66. The van der Waals surface area contributed by atoms with E-state index < -0.39 is 0 Å². The molecule has 0 radical (unpaired) electrons. The second kappa shape index (κ2) is 3.40. The quantitative estimate of drug-likeness (QED) is 0.592. The van der Waals surface area contributed by atoms with Gasteiger partial charge in [0.15, 0.2) is 0 Å². The highest BCUT2D eigenvalue weighted by Gasteiger charge is 2.06. The summed E-state index contributed by atoms with van der Waals surface area (Å²) in [6.07, 6.45) is 3.35. The Balaban J connectivity index is 3.64. The molecule has 54 valence electrons. The van der Waals surface area contributed by atoms with E-state index in [1.54, 1.807) is 0 Å². The normalized spacial score (nSPS) is 14.1. The molecule has 9 heavy (non-hydrogen) atoms. The summed E-state index contributed by atoms with van der Waals surface area (Å²) in [4.78, 5) is 0. The average Bonchev–Trinajstić information content (AvgIpc) is 1.59. The van der Waals surface area contributed by atoms with E-state index >= 15 is 0 Å². The van der Waals surface area contributed by atoms with Crippen molar-refractivity contribution in [1.82, 2.24) is 0 Å². The van der Waals surface area contributed by atoms with Gasteiger partial charge in [-0.3, -0.25) is 0 Å². The molecule has 0 heterocycles. The van der Waals surface area contributed by atoms with E-state index in [0.29, 0.717) is 5.41 Å². The molecule has 0 aliphatic heterocycles. The monoisotopic (exact) mass is 190 g/mol. The van der Waals surface area contributed by atoms with Gasteiger partial charge in [0, 0.05) is 0 Å². The van der Waals surface area contributed by atoms with Crippen molar-refractivity contribution < 1.29 is 0 Å². The van der Waals surface area contributed by atoms with Gasteiger partial charge in [-0.2, -0.15) is 0 Å². The molecule has 0 fully saturated rings. The van der Waals surface area contributed by atoms with Crippen LogP contribution in [0.1, 0.15) is 34.1 Å². The maximum atomic E-state index is 3.39. The first-order chi connectivity index (χ1) is 3.92. The molecule has 0 spiro atoms. The molecule has 0 rings (SSSR count). The maximum absolute atomic E-state index is 3.39. The highest BCUT2D eigenvalue weighted by atomic mass is 79.9. The Labute approximate surface area is 66.5 Å². The molecule has 0 aromatic heterocycles. The second-order valence-electron chi connectivity index (χ2n) is 3.56. The van der Waals surface area contributed by atoms with Crippen LogP contribution in [0.5, 0.6) is 0 Å². The summed E-state index contributed by atoms with van der Waals surface area (Å²) in [5.41, 5.74) is 0.426. The fourth-order valence-corrected chi connectivity index (χ4v) is 0.609. The molecular weight excluding hydrogens is 176 g/mol. The van der Waals surface area contributed by atoms with Crippen LogP contribution in [0, 0.1) is 5.41 Å². The first-order valence-corrected chi connectivity index (χ1v) is 4.03. The van der Waals surface area contributed by atoms with Crippen molar-refractivity contribution in [3.05, 3.63) is 10.6 Å². The van der Waals surface area contributed by atoms with Gasteiger partial charge >= 0.3 is 0 Å². The van der Waals surface area contributed by atoms with Gasteiger partial charge in [0.1, 0.15) is 0 Å². The Morgan fingerprint density at radius 1 is 1.44 bits per heavy atom. The van der Waals surface area contributed by atoms with Crippen molar-refractivity contribution in [3.8, 4) is 0 Å². The smallest absolute Gasteiger partial charge is 0.0120 e. The van der Waals surface area contributed by atoms with Crippen LogP contribution in [-0.2, 0) is 0 Å². The lowest BCUT2D eigenvalue weighted by molar-refractivity contribution is 0.420. The van der Waals surface area contributed by atoms with Crippen molar-refractivity contribution in [2.45, 2.75) is 34.1 Å². The summed E-state index contributed by atoms with van der Waals surface area (Å²) in [5.74, 6) is 0. The molecule has 0 aliphatic carbocycles. The number of halogens is 1. The molecule has 0 bridgehead atoms. The molecule has 0 saturated heterocycles. The fourth-order valence-electron chi connectivity index (χ4n) is 0.447. The minimum Gasteiger partial charge on any atom is -0.0741 e. The topological polar surface area (TPSA) is 0 Å². The molecule has 0 aromatic carbocycles. The van der Waals surface area contributed by atoms with Gasteiger partial charge in [0.25, 0.3) is 0 Å². The standard InChI is InChI=1S/C8H15Br/c1-7(9)5-6-8(2,3)4/h5H,6H2,1-4H3/b7-5+. The van der Waals surface area contributed by atoms with E-state index in [9.17, 15) is 0 Å². The SMILES string of the molecule is C/C(Br)=C\CC(C)(C)C. The summed E-state index contributed by atoms with van der Waals surface area (Å²) in [5, 5.41) is 0. The lowest BCUT2D eigenvalue weighted by Crippen LogP contribution is -2.01. The molecule has 1 heteroatoms. The minimum atomic E-state index is 0.426. The number of hydrogen-bond acceptors (Lipinski definition) is 0. The summed E-state index contributed by atoms with van der Waals surface area (Å²) >= 11 is 3.39. The first kappa shape index (κ1) is 9.22. The van der Waals surface area contributed by atoms with E-state index in [1.807, 2.05) is 0 Å². The summed E-state index contributed by atoms with van der Waals surface area (Å²) in [6, 6.07) is 0. The lowest BCUT2D eigenvalue weighted by atomic mass is 9.92. The zero-order chi connectivity index (χ0) is 7.49. The molecule has 0 unspecified atom stereocenters. The molecule has 0 nitrogen and oxygen atoms in total. The molecular formula is C8H15Br. The minimum absolute atomic E-state index is 0.426. The van der Waals surface area contributed by atoms with Crippen LogP contribution in [0.2, 0.25) is 0 Å². The summed E-state index contributed by atoms with van der Waals surface area (Å²) in [7, 11) is 0. The van der Waals surface area contributed by atoms with Gasteiger partial charge in [0.2, 0.25) is 0 Å². The van der Waals surface area contributed by atoms with E-state index in [0.717, 1.165) is 6.42 Å². The summed E-state index contributed by atoms with van der Waals surface area (Å²) < 4.78 is 1.23. The Morgan fingerprint density at radius 3 is 2.00 bits per heavy atom. The van der Waals surface area contributed by atoms with Gasteiger partial charge in [-0.05, 0) is 23.2 Å². The summed E-state index contributed by atoms with van der Waals surface area (Å²) in [6.45, 7) is 8.77. The van der Waals surface area contributed by atoms with Crippen LogP contribution in [0.15, 0.2) is 10.6 Å².